The normalized spacial score (nSPS) is 11.0. The van der Waals surface area contributed by atoms with Crippen LogP contribution in [0.2, 0.25) is 0 Å². The Morgan fingerprint density at radius 3 is 1.09 bits per heavy atom. The van der Waals surface area contributed by atoms with E-state index >= 15 is 0 Å². The molecule has 20 heteroatoms. The molecule has 2 N–H and O–H groups in total. The van der Waals surface area contributed by atoms with Gasteiger partial charge in [0.05, 0.1) is 26.4 Å². The fourth-order valence-electron chi connectivity index (χ4n) is 4.99. The van der Waals surface area contributed by atoms with E-state index in [9.17, 15) is 19.2 Å². The number of nitrogens with one attached hydrogen (secondary N) is 2. The fraction of sp³-hybridized carbons (Fsp3) is 0.500. The summed E-state index contributed by atoms with van der Waals surface area (Å²) in [4.78, 5) is 50.0. The Balaban J connectivity index is 1.90. The van der Waals surface area contributed by atoms with E-state index in [0.717, 1.165) is 0 Å². The van der Waals surface area contributed by atoms with Crippen molar-refractivity contribution < 1.29 is 76.0 Å². The van der Waals surface area contributed by atoms with Gasteiger partial charge in [-0.2, -0.15) is 0 Å². The number of hydrogen-bond donors (Lipinski definition) is 2. The lowest BCUT2D eigenvalue weighted by Crippen LogP contribution is -2.26. The Labute approximate surface area is 408 Å². The zero-order chi connectivity index (χ0) is 50.2. The van der Waals surface area contributed by atoms with E-state index in [1.165, 1.54) is 21.6 Å². The van der Waals surface area contributed by atoms with E-state index in [4.69, 9.17) is 56.8 Å². The monoisotopic (exact) mass is 992 g/mol. The maximum absolute atomic E-state index is 13.3. The third-order valence-electron chi connectivity index (χ3n) is 7.64. The van der Waals surface area contributed by atoms with Gasteiger partial charge in [-0.05, 0) is 65.8 Å². The molecule has 0 aliphatic heterocycles. The molecule has 18 nitrogen and oxygen atoms in total. The van der Waals surface area contributed by atoms with Crippen molar-refractivity contribution in [2.24, 2.45) is 0 Å². The zero-order valence-electron chi connectivity index (χ0n) is 40.1. The van der Waals surface area contributed by atoms with Gasteiger partial charge < -0.3 is 67.5 Å². The van der Waals surface area contributed by atoms with Crippen LogP contribution in [0.1, 0.15) is 62.3 Å². The van der Waals surface area contributed by atoms with Crippen molar-refractivity contribution in [2.45, 2.75) is 52.7 Å². The van der Waals surface area contributed by atoms with E-state index in [0.29, 0.717) is 24.6 Å². The van der Waals surface area contributed by atoms with Crippen molar-refractivity contribution in [3.05, 3.63) is 86.0 Å². The summed E-state index contributed by atoms with van der Waals surface area (Å²) < 4.78 is 66.7. The van der Waals surface area contributed by atoms with E-state index in [-0.39, 0.29) is 137 Å². The Kier molecular flexibility index (Phi) is 28.3. The van der Waals surface area contributed by atoms with Crippen LogP contribution >= 0.6 is 21.6 Å². The third kappa shape index (κ3) is 25.4. The first-order chi connectivity index (χ1) is 32.5. The minimum atomic E-state index is -0.780. The number of carbonyl (C=O) groups is 4. The first-order valence-electron chi connectivity index (χ1n) is 21.8. The average Bonchev–Trinajstić information content (AvgIpc) is 3.27. The highest BCUT2D eigenvalue weighted by molar-refractivity contribution is 8.76. The molecule has 2 amide bonds. The summed E-state index contributed by atoms with van der Waals surface area (Å²) in [5.41, 5.74) is -0.750. The second-order valence-electron chi connectivity index (χ2n) is 15.7. The quantitative estimate of drug-likeness (QED) is 0.0289. The summed E-state index contributed by atoms with van der Waals surface area (Å²) in [5.74, 6) is 2.07. The van der Waals surface area contributed by atoms with Crippen LogP contribution in [0.15, 0.2) is 74.9 Å². The summed E-state index contributed by atoms with van der Waals surface area (Å²) in [6, 6.07) is 6.24. The highest BCUT2D eigenvalue weighted by atomic mass is 33.1. The van der Waals surface area contributed by atoms with Crippen LogP contribution in [-0.2, 0) is 28.4 Å². The molecule has 68 heavy (non-hydrogen) atoms. The molecule has 2 aromatic carbocycles. The van der Waals surface area contributed by atoms with Crippen molar-refractivity contribution in [3.63, 3.8) is 0 Å². The largest absolute Gasteiger partial charge is 0.508 e. The predicted molar refractivity (Wildman–Crippen MR) is 262 cm³/mol. The second kappa shape index (κ2) is 32.9. The van der Waals surface area contributed by atoms with Gasteiger partial charge in [-0.15, -0.1) is 0 Å². The van der Waals surface area contributed by atoms with Crippen LogP contribution in [0.5, 0.6) is 34.5 Å². The van der Waals surface area contributed by atoms with E-state index in [2.05, 4.69) is 36.9 Å². The minimum Gasteiger partial charge on any atom is -0.485 e. The molecule has 0 aliphatic rings. The van der Waals surface area contributed by atoms with Gasteiger partial charge in [-0.25, -0.2) is 9.59 Å². The SMILES string of the molecule is C=CCOc1cc(C(=O)NCCSSCCNC(=O)c2cc(OCC=C)c(OCCOCCOC(=O)OC(C)(C)C)c(OCC=C)c2)cc(OCC=C)c1OCCOCCOC(=O)OC(C)(C)C. The van der Waals surface area contributed by atoms with Crippen LogP contribution in [-0.4, -0.2) is 139 Å². The van der Waals surface area contributed by atoms with E-state index < -0.39 is 23.5 Å². The Hall–Kier alpha value is -5.70. The molecule has 0 radical (unpaired) electrons. The van der Waals surface area contributed by atoms with Crippen LogP contribution in [0.3, 0.4) is 0 Å². The predicted octanol–water partition coefficient (Wildman–Crippen LogP) is 8.18. The molecule has 2 aromatic rings. The Morgan fingerprint density at radius 1 is 0.485 bits per heavy atom. The van der Waals surface area contributed by atoms with Gasteiger partial charge in [-0.3, -0.25) is 9.59 Å². The van der Waals surface area contributed by atoms with Gasteiger partial charge in [0.15, 0.2) is 23.0 Å². The van der Waals surface area contributed by atoms with Crippen molar-refractivity contribution in [3.8, 4) is 34.5 Å². The molecule has 0 unspecified atom stereocenters. The molecule has 2 rings (SSSR count). The van der Waals surface area contributed by atoms with Crippen LogP contribution < -0.4 is 39.1 Å². The Morgan fingerprint density at radius 2 is 0.794 bits per heavy atom. The molecular weight excluding hydrogens is 925 g/mol. The number of hydrogen-bond acceptors (Lipinski definition) is 18. The highest BCUT2D eigenvalue weighted by Gasteiger charge is 2.22. The van der Waals surface area contributed by atoms with Crippen molar-refractivity contribution >= 4 is 45.7 Å². The summed E-state index contributed by atoms with van der Waals surface area (Å²) >= 11 is 0. The minimum absolute atomic E-state index is 0.00543. The summed E-state index contributed by atoms with van der Waals surface area (Å²) in [5, 5.41) is 5.82. The van der Waals surface area contributed by atoms with Crippen LogP contribution in [0, 0.1) is 0 Å². The topological polar surface area (TPSA) is 203 Å². The van der Waals surface area contributed by atoms with Gasteiger partial charge in [0, 0.05) is 35.7 Å². The maximum Gasteiger partial charge on any atom is 0.508 e. The highest BCUT2D eigenvalue weighted by Crippen LogP contribution is 2.40. The summed E-state index contributed by atoms with van der Waals surface area (Å²) in [7, 11) is 3.07. The van der Waals surface area contributed by atoms with Gasteiger partial charge >= 0.3 is 12.3 Å². The Bertz CT molecular complexity index is 1710. The molecule has 0 atom stereocenters. The molecule has 0 heterocycles. The molecule has 0 saturated carbocycles. The van der Waals surface area contributed by atoms with E-state index in [1.54, 1.807) is 90.1 Å². The van der Waals surface area contributed by atoms with Gasteiger partial charge in [-0.1, -0.05) is 72.2 Å². The van der Waals surface area contributed by atoms with Crippen molar-refractivity contribution in [1.29, 1.82) is 0 Å². The number of carbonyl (C=O) groups excluding carboxylic acids is 4. The fourth-order valence-corrected chi connectivity index (χ4v) is 6.81. The number of rotatable bonds is 35. The van der Waals surface area contributed by atoms with Crippen LogP contribution in [0.25, 0.3) is 0 Å². The summed E-state index contributed by atoms with van der Waals surface area (Å²) in [6.07, 6.45) is 4.69. The maximum atomic E-state index is 13.3. The lowest BCUT2D eigenvalue weighted by Gasteiger charge is -2.19. The lowest BCUT2D eigenvalue weighted by molar-refractivity contribution is -0.0212. The van der Waals surface area contributed by atoms with Gasteiger partial charge in [0.25, 0.3) is 11.8 Å². The lowest BCUT2D eigenvalue weighted by atomic mass is 10.1. The van der Waals surface area contributed by atoms with Gasteiger partial charge in [0.2, 0.25) is 11.5 Å². The van der Waals surface area contributed by atoms with E-state index in [1.807, 2.05) is 0 Å². The molecular formula is C48H68N2O16S2. The molecule has 0 fully saturated rings. The molecule has 378 valence electrons. The standard InChI is InChI=1S/C48H68N2O16S2/c1-11-17-57-37-31-35(32-38(58-18-12-2)41(37)61-25-21-55-23-27-63-45(53)65-47(5,6)7)43(51)49-15-29-67-68-30-16-50-44(52)36-33-39(59-19-13-3)42(40(34-36)60-20-14-4)62-26-22-56-24-28-64-46(54)66-48(8,9)10/h11-14,31-34H,1-4,15-30H2,5-10H3,(H,49,51)(H,50,52). The molecule has 0 spiro atoms. The average molecular weight is 993 g/mol. The second-order valence-corrected chi connectivity index (χ2v) is 18.4. The number of amides is 2. The number of ether oxygens (including phenoxy) is 12. The first kappa shape index (κ1) is 58.4. The summed E-state index contributed by atoms with van der Waals surface area (Å²) in [6.45, 7) is 27.3. The molecule has 0 aliphatic carbocycles. The third-order valence-corrected chi connectivity index (χ3v) is 10.0. The van der Waals surface area contributed by atoms with Gasteiger partial charge in [0.1, 0.15) is 64.1 Å². The molecule has 0 bridgehead atoms. The zero-order valence-corrected chi connectivity index (χ0v) is 41.7. The first-order valence-corrected chi connectivity index (χ1v) is 24.2. The van der Waals surface area contributed by atoms with Crippen molar-refractivity contribution in [1.82, 2.24) is 10.6 Å². The molecule has 0 aromatic heterocycles. The van der Waals surface area contributed by atoms with Crippen molar-refractivity contribution in [2.75, 3.05) is 104 Å². The van der Waals surface area contributed by atoms with Crippen LogP contribution in [0.4, 0.5) is 9.59 Å². The number of benzene rings is 2. The molecule has 0 saturated heterocycles. The smallest absolute Gasteiger partial charge is 0.485 e.